The molecule has 0 saturated heterocycles. The zero-order valence-corrected chi connectivity index (χ0v) is 14.9. The first-order chi connectivity index (χ1) is 10.2. The van der Waals surface area contributed by atoms with E-state index < -0.39 is 0 Å². The second-order valence-electron chi connectivity index (χ2n) is 7.00. The molecule has 0 N–H and O–H groups in total. The molecule has 4 atom stereocenters. The summed E-state index contributed by atoms with van der Waals surface area (Å²) in [5.74, 6) is 3.80. The zero-order valence-electron chi connectivity index (χ0n) is 13.3. The van der Waals surface area contributed by atoms with Gasteiger partial charge in [0, 0.05) is 4.83 Å². The standard InChI is InChI=1S/C19H27BrO/c1-13-11-17(21-2)9-10-18(13)19(20)16-8-7-14-5-3-4-6-15(14)12-16/h9-11,14-16,19H,3-8,12H2,1-2H3. The molecule has 1 aromatic rings. The van der Waals surface area contributed by atoms with Crippen LogP contribution in [0.2, 0.25) is 0 Å². The van der Waals surface area contributed by atoms with Crippen molar-refractivity contribution in [3.8, 4) is 5.75 Å². The molecule has 1 aromatic carbocycles. The molecule has 0 radical (unpaired) electrons. The van der Waals surface area contributed by atoms with E-state index in [4.69, 9.17) is 4.74 Å². The van der Waals surface area contributed by atoms with Gasteiger partial charge in [-0.1, -0.05) is 47.7 Å². The van der Waals surface area contributed by atoms with Crippen molar-refractivity contribution in [3.63, 3.8) is 0 Å². The van der Waals surface area contributed by atoms with Gasteiger partial charge in [0.25, 0.3) is 0 Å². The highest BCUT2D eigenvalue weighted by Crippen LogP contribution is 2.49. The second kappa shape index (κ2) is 6.73. The van der Waals surface area contributed by atoms with E-state index in [-0.39, 0.29) is 0 Å². The third-order valence-corrected chi connectivity index (χ3v) is 7.01. The Morgan fingerprint density at radius 1 is 1.10 bits per heavy atom. The Morgan fingerprint density at radius 2 is 1.86 bits per heavy atom. The maximum absolute atomic E-state index is 5.33. The van der Waals surface area contributed by atoms with Crippen LogP contribution in [0.1, 0.15) is 60.9 Å². The van der Waals surface area contributed by atoms with Crippen molar-refractivity contribution in [2.75, 3.05) is 7.11 Å². The van der Waals surface area contributed by atoms with Gasteiger partial charge in [0.05, 0.1) is 7.11 Å². The summed E-state index contributed by atoms with van der Waals surface area (Å²) < 4.78 is 5.33. The van der Waals surface area contributed by atoms with Crippen LogP contribution in [0.4, 0.5) is 0 Å². The number of alkyl halides is 1. The maximum atomic E-state index is 5.33. The topological polar surface area (TPSA) is 9.23 Å². The van der Waals surface area contributed by atoms with E-state index in [1.54, 1.807) is 7.11 Å². The van der Waals surface area contributed by atoms with Crippen LogP contribution >= 0.6 is 15.9 Å². The van der Waals surface area contributed by atoms with E-state index in [1.807, 2.05) is 0 Å². The normalized spacial score (nSPS) is 30.5. The highest BCUT2D eigenvalue weighted by Gasteiger charge is 2.35. The van der Waals surface area contributed by atoms with Crippen molar-refractivity contribution in [3.05, 3.63) is 29.3 Å². The molecule has 0 amide bonds. The largest absolute Gasteiger partial charge is 0.497 e. The third-order valence-electron chi connectivity index (χ3n) is 5.77. The van der Waals surface area contributed by atoms with Crippen LogP contribution in [0, 0.1) is 24.7 Å². The van der Waals surface area contributed by atoms with Crippen molar-refractivity contribution in [2.45, 2.75) is 56.7 Å². The van der Waals surface area contributed by atoms with E-state index in [2.05, 4.69) is 41.1 Å². The lowest BCUT2D eigenvalue weighted by atomic mass is 9.66. The number of halogens is 1. The van der Waals surface area contributed by atoms with Crippen LogP contribution in [-0.4, -0.2) is 7.11 Å². The van der Waals surface area contributed by atoms with Crippen LogP contribution in [0.15, 0.2) is 18.2 Å². The molecule has 2 saturated carbocycles. The third kappa shape index (κ3) is 3.31. The quantitative estimate of drug-likeness (QED) is 0.603. The first-order valence-corrected chi connectivity index (χ1v) is 9.39. The molecule has 4 unspecified atom stereocenters. The summed E-state index contributed by atoms with van der Waals surface area (Å²) in [6.07, 6.45) is 10.2. The molecule has 2 fully saturated rings. The molecule has 2 heteroatoms. The molecule has 0 aliphatic heterocycles. The average Bonchev–Trinajstić information content (AvgIpc) is 2.53. The monoisotopic (exact) mass is 350 g/mol. The van der Waals surface area contributed by atoms with E-state index in [9.17, 15) is 0 Å². The average molecular weight is 351 g/mol. The number of aryl methyl sites for hydroxylation is 1. The predicted octanol–water partition coefficient (Wildman–Crippen LogP) is 6.05. The molecule has 116 valence electrons. The molecule has 2 aliphatic carbocycles. The lowest BCUT2D eigenvalue weighted by Gasteiger charge is -2.41. The summed E-state index contributed by atoms with van der Waals surface area (Å²) in [4.78, 5) is 0.506. The van der Waals surface area contributed by atoms with Crippen molar-refractivity contribution >= 4 is 15.9 Å². The molecule has 0 heterocycles. The lowest BCUT2D eigenvalue weighted by molar-refractivity contribution is 0.129. The molecule has 3 rings (SSSR count). The van der Waals surface area contributed by atoms with Crippen LogP contribution < -0.4 is 4.74 Å². The number of hydrogen-bond donors (Lipinski definition) is 0. The fourth-order valence-electron chi connectivity index (χ4n) is 4.51. The second-order valence-corrected chi connectivity index (χ2v) is 7.99. The minimum Gasteiger partial charge on any atom is -0.497 e. The Balaban J connectivity index is 1.71. The number of ether oxygens (including phenoxy) is 1. The van der Waals surface area contributed by atoms with Gasteiger partial charge in [-0.25, -0.2) is 0 Å². The Kier molecular flexibility index (Phi) is 4.93. The van der Waals surface area contributed by atoms with Crippen molar-refractivity contribution in [1.29, 1.82) is 0 Å². The Morgan fingerprint density at radius 3 is 2.57 bits per heavy atom. The van der Waals surface area contributed by atoms with E-state index in [0.717, 1.165) is 23.5 Å². The van der Waals surface area contributed by atoms with Crippen molar-refractivity contribution < 1.29 is 4.74 Å². The van der Waals surface area contributed by atoms with Crippen LogP contribution in [0.25, 0.3) is 0 Å². The summed E-state index contributed by atoms with van der Waals surface area (Å²) in [6, 6.07) is 6.51. The number of fused-ring (bicyclic) bond motifs is 1. The molecule has 21 heavy (non-hydrogen) atoms. The van der Waals surface area contributed by atoms with Crippen molar-refractivity contribution in [2.24, 2.45) is 17.8 Å². The lowest BCUT2D eigenvalue weighted by Crippen LogP contribution is -2.29. The summed E-state index contributed by atoms with van der Waals surface area (Å²) >= 11 is 4.02. The van der Waals surface area contributed by atoms with E-state index in [1.165, 1.54) is 56.1 Å². The van der Waals surface area contributed by atoms with Gasteiger partial charge in [0.1, 0.15) is 5.75 Å². The summed E-state index contributed by atoms with van der Waals surface area (Å²) in [6.45, 7) is 2.21. The summed E-state index contributed by atoms with van der Waals surface area (Å²) in [7, 11) is 1.74. The van der Waals surface area contributed by atoms with E-state index in [0.29, 0.717) is 4.83 Å². The van der Waals surface area contributed by atoms with Gasteiger partial charge in [-0.15, -0.1) is 0 Å². The fraction of sp³-hybridized carbons (Fsp3) is 0.684. The van der Waals surface area contributed by atoms with Gasteiger partial charge in [0.15, 0.2) is 0 Å². The molecular weight excluding hydrogens is 324 g/mol. The number of rotatable bonds is 3. The SMILES string of the molecule is COc1ccc(C(Br)C2CCC3CCCCC3C2)c(C)c1. The summed E-state index contributed by atoms with van der Waals surface area (Å²) in [5, 5.41) is 0. The molecular formula is C19H27BrO. The van der Waals surface area contributed by atoms with E-state index >= 15 is 0 Å². The Bertz CT molecular complexity index is 484. The molecule has 0 spiro atoms. The van der Waals surface area contributed by atoms with Gasteiger partial charge in [0.2, 0.25) is 0 Å². The first kappa shape index (κ1) is 15.4. The number of hydrogen-bond acceptors (Lipinski definition) is 1. The molecule has 0 aromatic heterocycles. The van der Waals surface area contributed by atoms with Gasteiger partial charge >= 0.3 is 0 Å². The van der Waals surface area contributed by atoms with Crippen LogP contribution in [-0.2, 0) is 0 Å². The predicted molar refractivity (Wildman–Crippen MR) is 92.2 cm³/mol. The van der Waals surface area contributed by atoms with Gasteiger partial charge < -0.3 is 4.74 Å². The maximum Gasteiger partial charge on any atom is 0.119 e. The molecule has 2 aliphatic rings. The number of benzene rings is 1. The first-order valence-electron chi connectivity index (χ1n) is 8.47. The summed E-state index contributed by atoms with van der Waals surface area (Å²) in [5.41, 5.74) is 2.80. The van der Waals surface area contributed by atoms with Crippen LogP contribution in [0.5, 0.6) is 5.75 Å². The fourth-order valence-corrected chi connectivity index (χ4v) is 5.51. The van der Waals surface area contributed by atoms with Crippen LogP contribution in [0.3, 0.4) is 0 Å². The highest BCUT2D eigenvalue weighted by atomic mass is 79.9. The highest BCUT2D eigenvalue weighted by molar-refractivity contribution is 9.09. The molecule has 1 nitrogen and oxygen atoms in total. The van der Waals surface area contributed by atoms with Gasteiger partial charge in [-0.3, -0.25) is 0 Å². The zero-order chi connectivity index (χ0) is 14.8. The van der Waals surface area contributed by atoms with Gasteiger partial charge in [-0.2, -0.15) is 0 Å². The molecule has 0 bridgehead atoms. The minimum atomic E-state index is 0.506. The smallest absolute Gasteiger partial charge is 0.119 e. The number of methoxy groups -OCH3 is 1. The Hall–Kier alpha value is -0.500. The minimum absolute atomic E-state index is 0.506. The van der Waals surface area contributed by atoms with Crippen molar-refractivity contribution in [1.82, 2.24) is 0 Å². The van der Waals surface area contributed by atoms with Gasteiger partial charge in [-0.05, 0) is 67.2 Å². The Labute approximate surface area is 137 Å².